The van der Waals surface area contributed by atoms with E-state index >= 15 is 0 Å². The lowest BCUT2D eigenvalue weighted by Gasteiger charge is -2.13. The van der Waals surface area contributed by atoms with Crippen LogP contribution in [-0.2, 0) is 52.9 Å². The Morgan fingerprint density at radius 3 is 1.46 bits per heavy atom. The number of halogens is 10. The number of carbonyl (C=O) groups is 4. The Bertz CT molecular complexity index is 1420. The van der Waals surface area contributed by atoms with Gasteiger partial charge < -0.3 is 10.6 Å². The van der Waals surface area contributed by atoms with Crippen LogP contribution in [0.4, 0.5) is 26.3 Å². The second kappa shape index (κ2) is 20.6. The largest absolute Gasteiger partial charge is 0.643 e. The first-order valence-corrected chi connectivity index (χ1v) is 19.8. The molecule has 2 unspecified atom stereocenters. The quantitative estimate of drug-likeness (QED) is 0.139. The highest BCUT2D eigenvalue weighted by Gasteiger charge is 2.41. The van der Waals surface area contributed by atoms with Gasteiger partial charge in [0.1, 0.15) is 0 Å². The van der Waals surface area contributed by atoms with Crippen LogP contribution >= 0.6 is 41.7 Å². The van der Waals surface area contributed by atoms with E-state index in [0.29, 0.717) is 37.7 Å². The smallest absolute Gasteiger partial charge is 0.345 e. The van der Waals surface area contributed by atoms with Crippen molar-refractivity contribution in [3.05, 3.63) is 69.3 Å². The Kier molecular flexibility index (Phi) is 19.8. The maximum Gasteiger partial charge on any atom is 0.643 e. The molecule has 2 aliphatic rings. The average molecular weight is 784 g/mol. The van der Waals surface area contributed by atoms with Gasteiger partial charge in [-0.05, 0) is 96.5 Å². The summed E-state index contributed by atoms with van der Waals surface area (Å²) in [5.74, 6) is -3.82. The molecule has 6 nitrogen and oxygen atoms in total. The highest BCUT2D eigenvalue weighted by molar-refractivity contribution is 7.54. The third-order valence-electron chi connectivity index (χ3n) is 6.92. The molecule has 17 heteroatoms. The van der Waals surface area contributed by atoms with Crippen LogP contribution in [0.15, 0.2) is 30.3 Å². The number of amides is 2. The summed E-state index contributed by atoms with van der Waals surface area (Å²) in [4.78, 5) is 42.6. The van der Waals surface area contributed by atoms with Crippen molar-refractivity contribution in [2.75, 3.05) is 0 Å². The van der Waals surface area contributed by atoms with Crippen molar-refractivity contribution in [2.45, 2.75) is 98.1 Å². The summed E-state index contributed by atoms with van der Waals surface area (Å²) < 4.78 is 73.2. The van der Waals surface area contributed by atoms with E-state index in [-0.39, 0.29) is 18.5 Å². The fourth-order valence-corrected chi connectivity index (χ4v) is 4.97. The molecule has 0 heterocycles. The van der Waals surface area contributed by atoms with E-state index in [1.165, 1.54) is 13.8 Å². The molecular weight excluding hydrogens is 747 g/mol. The van der Waals surface area contributed by atoms with Crippen LogP contribution in [0.1, 0.15) is 78.9 Å². The van der Waals surface area contributed by atoms with E-state index in [1.807, 2.05) is 48.7 Å². The lowest BCUT2D eigenvalue weighted by atomic mass is 9.96. The summed E-state index contributed by atoms with van der Waals surface area (Å²) in [5.41, 5.74) is 6.48. The summed E-state index contributed by atoms with van der Waals surface area (Å²) in [5, 5.41) is 3.68. The molecule has 2 aromatic rings. The molecule has 268 valence electrons. The highest BCUT2D eigenvalue weighted by atomic mass is 35.8. The fraction of sp³-hybridized carbons (Fsp3) is 0.484. The Balaban J connectivity index is 0.000000745. The molecule has 4 rings (SSSR count). The Morgan fingerprint density at radius 2 is 1.10 bits per heavy atom. The van der Waals surface area contributed by atoms with Crippen molar-refractivity contribution in [3.63, 3.8) is 0 Å². The van der Waals surface area contributed by atoms with Crippen LogP contribution < -0.4 is 10.6 Å². The van der Waals surface area contributed by atoms with Gasteiger partial charge in [-0.3, -0.25) is 19.2 Å². The number of hydrogen-bond acceptors (Lipinski definition) is 4. The fourth-order valence-electron chi connectivity index (χ4n) is 4.97. The second-order valence-electron chi connectivity index (χ2n) is 10.5. The van der Waals surface area contributed by atoms with E-state index in [9.17, 15) is 45.5 Å². The van der Waals surface area contributed by atoms with Crippen LogP contribution in [0.25, 0.3) is 0 Å². The van der Waals surface area contributed by atoms with Gasteiger partial charge in [-0.1, -0.05) is 45.5 Å². The van der Waals surface area contributed by atoms with E-state index < -0.39 is 47.6 Å². The molecule has 0 radical (unpaired) electrons. The van der Waals surface area contributed by atoms with Gasteiger partial charge in [0, 0.05) is 24.6 Å². The second-order valence-corrected chi connectivity index (χ2v) is 17.5. The molecule has 0 saturated heterocycles. The molecule has 0 spiro atoms. The van der Waals surface area contributed by atoms with E-state index in [2.05, 4.69) is 11.6 Å². The van der Waals surface area contributed by atoms with Gasteiger partial charge >= 0.3 is 35.6 Å². The summed E-state index contributed by atoms with van der Waals surface area (Å²) >= 11 is 2.91. The first kappa shape index (κ1) is 46.0. The first-order chi connectivity index (χ1) is 21.6. The predicted octanol–water partition coefficient (Wildman–Crippen LogP) is 8.09. The lowest BCUT2D eigenvalue weighted by Crippen LogP contribution is -2.43. The van der Waals surface area contributed by atoms with Gasteiger partial charge in [0.2, 0.25) is 5.24 Å². The highest BCUT2D eigenvalue weighted by Crippen LogP contribution is 2.28. The molecule has 2 aliphatic carbocycles. The number of hydrogen-bond donors (Lipinski definition) is 2. The zero-order valence-electron chi connectivity index (χ0n) is 25.8. The number of Topliss-reactive ketones (excluding diaryl/α,β-unsaturated/α-hetero) is 1. The molecule has 2 atom stereocenters. The van der Waals surface area contributed by atoms with Crippen molar-refractivity contribution in [2.24, 2.45) is 0 Å². The van der Waals surface area contributed by atoms with Crippen molar-refractivity contribution in [1.29, 1.82) is 0 Å². The molecule has 0 aliphatic heterocycles. The van der Waals surface area contributed by atoms with Crippen LogP contribution in [0.2, 0.25) is 0 Å². The van der Waals surface area contributed by atoms with Crippen molar-refractivity contribution in [1.82, 2.24) is 10.6 Å². The topological polar surface area (TPSA) is 92.3 Å². The SMILES string of the molecule is C.CC(=O)Cl.CCc1cc2c(cc1C(C)=O)CC(NC(=O)C(F)(F)F)C2.CCc1ccc2c(c1)CC(NC(=O)C(F)(F)F)C2.[Cl][Al]([Cl])[Cl]. The molecule has 2 amide bonds. The monoisotopic (exact) mass is 782 g/mol. The summed E-state index contributed by atoms with van der Waals surface area (Å²) in [6, 6.07) is 8.53. The Labute approximate surface area is 298 Å². The normalized spacial score (nSPS) is 15.7. The summed E-state index contributed by atoms with van der Waals surface area (Å²) in [6.07, 6.45) is -6.46. The Morgan fingerprint density at radius 1 is 0.729 bits per heavy atom. The Hall–Kier alpha value is -2.01. The van der Waals surface area contributed by atoms with Gasteiger partial charge in [-0.15, -0.1) is 0 Å². The summed E-state index contributed by atoms with van der Waals surface area (Å²) in [6.45, 7) is 6.71. The van der Waals surface area contributed by atoms with Crippen molar-refractivity contribution in [3.8, 4) is 0 Å². The van der Waals surface area contributed by atoms with Crippen molar-refractivity contribution >= 4 is 76.0 Å². The van der Waals surface area contributed by atoms with Crippen molar-refractivity contribution < 1.29 is 45.5 Å². The molecule has 0 bridgehead atoms. The summed E-state index contributed by atoms with van der Waals surface area (Å²) in [7, 11) is 14.8. The zero-order chi connectivity index (χ0) is 36.3. The number of carbonyl (C=O) groups excluding carboxylic acids is 4. The predicted molar refractivity (Wildman–Crippen MR) is 179 cm³/mol. The molecule has 2 aromatic carbocycles. The lowest BCUT2D eigenvalue weighted by molar-refractivity contribution is -0.174. The maximum atomic E-state index is 12.3. The number of benzene rings is 2. The van der Waals surface area contributed by atoms with Gasteiger partial charge in [0.15, 0.2) is 5.78 Å². The minimum absolute atomic E-state index is 0. The van der Waals surface area contributed by atoms with Crippen LogP contribution in [0.5, 0.6) is 0 Å². The third kappa shape index (κ3) is 16.1. The number of aryl methyl sites for hydroxylation is 2. The first-order valence-electron chi connectivity index (χ1n) is 14.2. The molecule has 2 N–H and O–H groups in total. The van der Waals surface area contributed by atoms with Gasteiger partial charge in [0.05, 0.1) is 0 Å². The average Bonchev–Trinajstić information content (AvgIpc) is 3.52. The number of alkyl halides is 6. The third-order valence-corrected chi connectivity index (χ3v) is 6.92. The standard InChI is InChI=1S/C15H16F3NO2.C13H14F3NO.C2H3ClO.CH4.Al.3ClH/c1-3-9-4-10-5-12(19-14(21)15(16,17)18)6-11(10)7-13(9)8(2)20;1-2-8-3-4-9-6-11(7-10(9)5-8)17-12(18)13(14,15)16;1-2(3)4;;;;;/h4,7,12H,3,5-6H2,1-2H3,(H,19,21);3-5,11H,2,6-7H2,1H3,(H,17,18);1H3;1H4;;3*1H/q;;;;+3;;;/p-3. The molecule has 48 heavy (non-hydrogen) atoms. The van der Waals surface area contributed by atoms with Crippen LogP contribution in [0.3, 0.4) is 0 Å². The van der Waals surface area contributed by atoms with Crippen LogP contribution in [0, 0.1) is 0 Å². The molecule has 0 fully saturated rings. The maximum absolute atomic E-state index is 12.3. The minimum atomic E-state index is -4.87. The van der Waals surface area contributed by atoms with E-state index in [0.717, 1.165) is 39.8 Å². The van der Waals surface area contributed by atoms with Gasteiger partial charge in [0.25, 0.3) is 0 Å². The number of rotatable bonds is 5. The number of nitrogens with one attached hydrogen (secondary N) is 2. The molecule has 0 aromatic heterocycles. The van der Waals surface area contributed by atoms with Gasteiger partial charge in [-0.2, -0.15) is 26.3 Å². The van der Waals surface area contributed by atoms with E-state index in [1.54, 1.807) is 6.07 Å². The van der Waals surface area contributed by atoms with Gasteiger partial charge in [-0.25, -0.2) is 30.1 Å². The zero-order valence-corrected chi connectivity index (χ0v) is 30.0. The molecule has 0 saturated carbocycles. The number of fused-ring (bicyclic) bond motifs is 2. The minimum Gasteiger partial charge on any atom is -0.345 e. The van der Waals surface area contributed by atoms with E-state index in [4.69, 9.17) is 30.1 Å². The number of ketones is 1. The van der Waals surface area contributed by atoms with Crippen LogP contribution in [-0.4, -0.2) is 58.7 Å². The molecular formula is C31H37AlCl4F6N2O4.